The fourth-order valence-corrected chi connectivity index (χ4v) is 3.62. The van der Waals surface area contributed by atoms with Gasteiger partial charge in [0.2, 0.25) is 11.8 Å². The Balaban J connectivity index is 1.45. The third kappa shape index (κ3) is 4.57. The summed E-state index contributed by atoms with van der Waals surface area (Å²) in [6.45, 7) is 3.19. The van der Waals surface area contributed by atoms with Crippen LogP contribution in [0.3, 0.4) is 0 Å². The summed E-state index contributed by atoms with van der Waals surface area (Å²) in [5.74, 6) is 0.666. The molecule has 3 rings (SSSR count). The Morgan fingerprint density at radius 1 is 1.17 bits per heavy atom. The Bertz CT molecular complexity index is 555. The lowest BCUT2D eigenvalue weighted by Gasteiger charge is -2.33. The predicted molar refractivity (Wildman–Crippen MR) is 93.5 cm³/mol. The van der Waals surface area contributed by atoms with E-state index in [9.17, 15) is 9.59 Å². The number of nitrogens with zero attached hydrogens (tertiary/aromatic N) is 1. The Morgan fingerprint density at radius 3 is 2.75 bits per heavy atom. The van der Waals surface area contributed by atoms with Crippen LogP contribution in [0, 0.1) is 5.92 Å². The smallest absolute Gasteiger partial charge is 0.237 e. The van der Waals surface area contributed by atoms with Gasteiger partial charge in [-0.15, -0.1) is 0 Å². The van der Waals surface area contributed by atoms with Gasteiger partial charge in [-0.05, 0) is 43.7 Å². The molecule has 0 radical (unpaired) electrons. The maximum Gasteiger partial charge on any atom is 0.237 e. The molecule has 2 saturated heterocycles. The van der Waals surface area contributed by atoms with Crippen LogP contribution in [0.1, 0.15) is 31.2 Å². The van der Waals surface area contributed by atoms with Gasteiger partial charge in [-0.1, -0.05) is 30.3 Å². The van der Waals surface area contributed by atoms with Crippen LogP contribution >= 0.6 is 0 Å². The normalized spacial score (nSPS) is 23.9. The van der Waals surface area contributed by atoms with Crippen LogP contribution in [0.5, 0.6) is 0 Å². The minimum atomic E-state index is -0.0237. The van der Waals surface area contributed by atoms with Crippen molar-refractivity contribution in [2.24, 2.45) is 5.92 Å². The summed E-state index contributed by atoms with van der Waals surface area (Å²) >= 11 is 0. The highest BCUT2D eigenvalue weighted by Gasteiger charge is 2.26. The molecule has 5 heteroatoms. The fourth-order valence-electron chi connectivity index (χ4n) is 3.62. The molecular formula is C19H27N3O2. The van der Waals surface area contributed by atoms with Crippen molar-refractivity contribution in [1.82, 2.24) is 15.5 Å². The molecule has 0 saturated carbocycles. The lowest BCUT2D eigenvalue weighted by molar-refractivity contribution is -0.132. The molecule has 0 spiro atoms. The van der Waals surface area contributed by atoms with E-state index >= 15 is 0 Å². The zero-order valence-corrected chi connectivity index (χ0v) is 14.2. The molecular weight excluding hydrogens is 302 g/mol. The first kappa shape index (κ1) is 17.0. The molecule has 2 unspecified atom stereocenters. The van der Waals surface area contributed by atoms with Crippen molar-refractivity contribution in [1.29, 1.82) is 0 Å². The minimum absolute atomic E-state index is 0.0237. The Kier molecular flexibility index (Phi) is 5.86. The number of carbonyl (C=O) groups excluding carboxylic acids is 2. The van der Waals surface area contributed by atoms with Crippen LogP contribution in [-0.2, 0) is 16.0 Å². The van der Waals surface area contributed by atoms with Gasteiger partial charge in [0.1, 0.15) is 0 Å². The van der Waals surface area contributed by atoms with Crippen molar-refractivity contribution in [3.8, 4) is 0 Å². The molecule has 1 aromatic rings. The van der Waals surface area contributed by atoms with Crippen LogP contribution in [0.15, 0.2) is 30.3 Å². The molecule has 2 fully saturated rings. The topological polar surface area (TPSA) is 61.4 Å². The summed E-state index contributed by atoms with van der Waals surface area (Å²) in [7, 11) is 0. The molecule has 2 N–H and O–H groups in total. The minimum Gasteiger partial charge on any atom is -0.354 e. The third-order valence-corrected chi connectivity index (χ3v) is 5.01. The Labute approximate surface area is 143 Å². The molecule has 2 aliphatic rings. The number of rotatable bonds is 5. The van der Waals surface area contributed by atoms with Gasteiger partial charge in [0.15, 0.2) is 0 Å². The highest BCUT2D eigenvalue weighted by Crippen LogP contribution is 2.17. The summed E-state index contributed by atoms with van der Waals surface area (Å²) in [6, 6.07) is 9.86. The summed E-state index contributed by atoms with van der Waals surface area (Å²) in [5, 5.41) is 6.29. The quantitative estimate of drug-likeness (QED) is 0.857. The fraction of sp³-hybridized carbons (Fsp3) is 0.579. The van der Waals surface area contributed by atoms with Crippen molar-refractivity contribution >= 4 is 11.8 Å². The van der Waals surface area contributed by atoms with E-state index in [-0.39, 0.29) is 17.9 Å². The van der Waals surface area contributed by atoms with Crippen LogP contribution in [0.2, 0.25) is 0 Å². The Hall–Kier alpha value is -1.88. The van der Waals surface area contributed by atoms with Gasteiger partial charge in [-0.25, -0.2) is 0 Å². The van der Waals surface area contributed by atoms with E-state index in [2.05, 4.69) is 10.6 Å². The molecule has 1 aromatic carbocycles. The van der Waals surface area contributed by atoms with E-state index < -0.39 is 0 Å². The van der Waals surface area contributed by atoms with Crippen molar-refractivity contribution in [3.05, 3.63) is 35.9 Å². The maximum absolute atomic E-state index is 12.5. The van der Waals surface area contributed by atoms with Gasteiger partial charge in [0.25, 0.3) is 0 Å². The number of likely N-dealkylation sites (tertiary alicyclic amines) is 1. The first-order valence-corrected chi connectivity index (χ1v) is 9.05. The highest BCUT2D eigenvalue weighted by molar-refractivity contribution is 5.82. The largest absolute Gasteiger partial charge is 0.354 e. The zero-order chi connectivity index (χ0) is 16.8. The monoisotopic (exact) mass is 329 g/mol. The lowest BCUT2D eigenvalue weighted by Crippen LogP contribution is -2.47. The van der Waals surface area contributed by atoms with Crippen molar-refractivity contribution in [2.45, 2.75) is 38.1 Å². The molecule has 0 bridgehead atoms. The average Bonchev–Trinajstić information content (AvgIpc) is 3.15. The summed E-state index contributed by atoms with van der Waals surface area (Å²) in [4.78, 5) is 26.5. The van der Waals surface area contributed by atoms with E-state index in [4.69, 9.17) is 0 Å². The van der Waals surface area contributed by atoms with Gasteiger partial charge in [-0.3, -0.25) is 9.59 Å². The molecule has 2 amide bonds. The van der Waals surface area contributed by atoms with Gasteiger partial charge in [0.05, 0.1) is 12.5 Å². The van der Waals surface area contributed by atoms with Crippen LogP contribution in [-0.4, -0.2) is 48.9 Å². The van der Waals surface area contributed by atoms with E-state index in [0.717, 1.165) is 50.9 Å². The van der Waals surface area contributed by atoms with E-state index in [1.54, 1.807) is 0 Å². The van der Waals surface area contributed by atoms with E-state index in [0.29, 0.717) is 18.9 Å². The molecule has 2 aliphatic heterocycles. The molecule has 24 heavy (non-hydrogen) atoms. The van der Waals surface area contributed by atoms with Gasteiger partial charge < -0.3 is 15.5 Å². The van der Waals surface area contributed by atoms with E-state index in [1.165, 1.54) is 0 Å². The molecule has 0 aliphatic carbocycles. The molecule has 2 atom stereocenters. The van der Waals surface area contributed by atoms with Crippen molar-refractivity contribution < 1.29 is 9.59 Å². The molecule has 0 aromatic heterocycles. The number of amides is 2. The maximum atomic E-state index is 12.5. The third-order valence-electron chi connectivity index (χ3n) is 5.01. The summed E-state index contributed by atoms with van der Waals surface area (Å²) < 4.78 is 0. The van der Waals surface area contributed by atoms with Crippen LogP contribution in [0.4, 0.5) is 0 Å². The van der Waals surface area contributed by atoms with Crippen LogP contribution < -0.4 is 10.6 Å². The average molecular weight is 329 g/mol. The Morgan fingerprint density at radius 2 is 2.00 bits per heavy atom. The number of carbonyl (C=O) groups is 2. The van der Waals surface area contributed by atoms with Gasteiger partial charge in [0, 0.05) is 19.6 Å². The van der Waals surface area contributed by atoms with Gasteiger partial charge >= 0.3 is 0 Å². The number of benzene rings is 1. The number of hydrogen-bond donors (Lipinski definition) is 2. The first-order chi connectivity index (χ1) is 11.7. The van der Waals surface area contributed by atoms with Crippen molar-refractivity contribution in [3.63, 3.8) is 0 Å². The molecule has 5 nitrogen and oxygen atoms in total. The lowest BCUT2D eigenvalue weighted by atomic mass is 9.97. The molecule has 2 heterocycles. The summed E-state index contributed by atoms with van der Waals surface area (Å²) in [6.07, 6.45) is 4.56. The zero-order valence-electron chi connectivity index (χ0n) is 14.2. The van der Waals surface area contributed by atoms with Crippen LogP contribution in [0.25, 0.3) is 0 Å². The second-order valence-corrected chi connectivity index (χ2v) is 6.90. The predicted octanol–water partition coefficient (Wildman–Crippen LogP) is 1.34. The summed E-state index contributed by atoms with van der Waals surface area (Å²) in [5.41, 5.74) is 1.06. The van der Waals surface area contributed by atoms with Gasteiger partial charge in [-0.2, -0.15) is 0 Å². The molecule has 130 valence electrons. The number of hydrogen-bond acceptors (Lipinski definition) is 3. The number of nitrogens with one attached hydrogen (secondary N) is 2. The number of piperidine rings is 1. The van der Waals surface area contributed by atoms with Crippen molar-refractivity contribution in [2.75, 3.05) is 26.2 Å². The van der Waals surface area contributed by atoms with E-state index in [1.807, 2.05) is 35.2 Å². The standard InChI is InChI=1S/C19H27N3O2/c23-18(12-15-6-2-1-3-7-15)22-11-5-8-16(14-22)13-21-19(24)17-9-4-10-20-17/h1-3,6-7,16-17,20H,4-5,8-14H2,(H,21,24). The first-order valence-electron chi connectivity index (χ1n) is 9.05. The second kappa shape index (κ2) is 8.29. The highest BCUT2D eigenvalue weighted by atomic mass is 16.2. The SMILES string of the molecule is O=C(NCC1CCCN(C(=O)Cc2ccccc2)C1)C1CCCN1. The second-order valence-electron chi connectivity index (χ2n) is 6.90.